The fourth-order valence-corrected chi connectivity index (χ4v) is 4.43. The molecule has 192 valence electrons. The summed E-state index contributed by atoms with van der Waals surface area (Å²) in [6.45, 7) is 5.70. The molecule has 1 fully saturated rings. The number of pyridine rings is 1. The van der Waals surface area contributed by atoms with Crippen LogP contribution in [0.3, 0.4) is 0 Å². The predicted octanol–water partition coefficient (Wildman–Crippen LogP) is 4.96. The van der Waals surface area contributed by atoms with Gasteiger partial charge in [0.2, 0.25) is 0 Å². The number of nitriles is 1. The van der Waals surface area contributed by atoms with E-state index in [9.17, 15) is 14.9 Å². The number of nitrogens with zero attached hydrogens (tertiary/aromatic N) is 4. The first-order chi connectivity index (χ1) is 17.7. The third kappa shape index (κ3) is 5.97. The number of rotatable bonds is 7. The third-order valence-electron chi connectivity index (χ3n) is 6.36. The fraction of sp³-hybridized carbons (Fsp3) is 0.393. The molecule has 1 atom stereocenters. The van der Waals surface area contributed by atoms with Gasteiger partial charge in [-0.3, -0.25) is 9.67 Å². The highest BCUT2D eigenvalue weighted by molar-refractivity contribution is 6.00. The minimum atomic E-state index is -0.634. The number of methoxy groups -OCH3 is 1. The molecule has 2 heterocycles. The van der Waals surface area contributed by atoms with Crippen LogP contribution in [0.2, 0.25) is 0 Å². The molecule has 1 N–H and O–H groups in total. The minimum absolute atomic E-state index is 0.233. The molecule has 1 aliphatic carbocycles. The highest BCUT2D eigenvalue weighted by atomic mass is 16.6. The Morgan fingerprint density at radius 3 is 2.51 bits per heavy atom. The molecule has 2 aromatic heterocycles. The van der Waals surface area contributed by atoms with Crippen LogP contribution in [-0.4, -0.2) is 45.6 Å². The van der Waals surface area contributed by atoms with Crippen LogP contribution in [0.25, 0.3) is 22.4 Å². The van der Waals surface area contributed by atoms with Crippen LogP contribution in [0.1, 0.15) is 56.1 Å². The average Bonchev–Trinajstić information content (AvgIpc) is 3.21. The second kappa shape index (κ2) is 10.8. The maximum Gasteiger partial charge on any atom is 0.407 e. The van der Waals surface area contributed by atoms with Gasteiger partial charge < -0.3 is 14.8 Å². The van der Waals surface area contributed by atoms with Crippen molar-refractivity contribution in [3.05, 3.63) is 60.0 Å². The normalized spacial score (nSPS) is 14.2. The van der Waals surface area contributed by atoms with Crippen molar-refractivity contribution < 1.29 is 19.1 Å². The van der Waals surface area contributed by atoms with Crippen molar-refractivity contribution in [3.63, 3.8) is 0 Å². The largest absolute Gasteiger partial charge is 0.464 e. The summed E-state index contributed by atoms with van der Waals surface area (Å²) >= 11 is 0. The highest BCUT2D eigenvalue weighted by Crippen LogP contribution is 2.37. The van der Waals surface area contributed by atoms with Gasteiger partial charge in [0.15, 0.2) is 5.69 Å². The quantitative estimate of drug-likeness (QED) is 0.454. The first-order valence-electron chi connectivity index (χ1n) is 12.3. The van der Waals surface area contributed by atoms with Gasteiger partial charge in [-0.05, 0) is 69.4 Å². The summed E-state index contributed by atoms with van der Waals surface area (Å²) in [6, 6.07) is 12.5. The number of aromatic nitrogens is 3. The predicted molar refractivity (Wildman–Crippen MR) is 137 cm³/mol. The van der Waals surface area contributed by atoms with Crippen molar-refractivity contribution in [1.29, 1.82) is 5.26 Å². The summed E-state index contributed by atoms with van der Waals surface area (Å²) in [5.41, 5.74) is 2.65. The number of carbonyl (C=O) groups excluding carboxylic acids is 2. The van der Waals surface area contributed by atoms with Crippen molar-refractivity contribution in [2.45, 2.75) is 58.2 Å². The zero-order valence-electron chi connectivity index (χ0n) is 21.5. The van der Waals surface area contributed by atoms with E-state index in [-0.39, 0.29) is 24.2 Å². The fourth-order valence-electron chi connectivity index (χ4n) is 4.43. The Morgan fingerprint density at radius 1 is 1.19 bits per heavy atom. The molecular formula is C28H31N5O4. The highest BCUT2D eigenvalue weighted by Gasteiger charge is 2.34. The van der Waals surface area contributed by atoms with Gasteiger partial charge in [0.1, 0.15) is 11.3 Å². The monoisotopic (exact) mass is 501 g/mol. The van der Waals surface area contributed by atoms with Crippen molar-refractivity contribution in [2.75, 3.05) is 7.11 Å². The van der Waals surface area contributed by atoms with Gasteiger partial charge in [-0.15, -0.1) is 0 Å². The van der Waals surface area contributed by atoms with E-state index in [0.29, 0.717) is 22.4 Å². The van der Waals surface area contributed by atoms with Crippen LogP contribution >= 0.6 is 0 Å². The van der Waals surface area contributed by atoms with E-state index in [1.54, 1.807) is 47.4 Å². The van der Waals surface area contributed by atoms with E-state index in [1.165, 1.54) is 7.11 Å². The molecule has 0 spiro atoms. The molecule has 0 radical (unpaired) electrons. The number of alkyl carbamates (subject to hydrolysis) is 1. The molecule has 1 aliphatic rings. The molecule has 1 aromatic carbocycles. The maximum atomic E-state index is 13.2. The molecule has 0 bridgehead atoms. The number of esters is 1. The number of carbonyl (C=O) groups is 2. The molecule has 9 heteroatoms. The molecule has 0 aliphatic heterocycles. The van der Waals surface area contributed by atoms with Crippen molar-refractivity contribution in [1.82, 2.24) is 20.1 Å². The van der Waals surface area contributed by atoms with E-state index in [1.807, 2.05) is 26.8 Å². The minimum Gasteiger partial charge on any atom is -0.464 e. The van der Waals surface area contributed by atoms with Gasteiger partial charge >= 0.3 is 12.1 Å². The maximum absolute atomic E-state index is 13.2. The first-order valence-corrected chi connectivity index (χ1v) is 12.3. The van der Waals surface area contributed by atoms with Crippen molar-refractivity contribution in [3.8, 4) is 28.5 Å². The molecule has 0 saturated heterocycles. The lowest BCUT2D eigenvalue weighted by Crippen LogP contribution is -2.47. The molecule has 37 heavy (non-hydrogen) atoms. The second-order valence-electron chi connectivity index (χ2n) is 10.1. The topological polar surface area (TPSA) is 119 Å². The Kier molecular flexibility index (Phi) is 7.58. The van der Waals surface area contributed by atoms with Crippen LogP contribution in [0, 0.1) is 17.2 Å². The number of hydrogen-bond acceptors (Lipinski definition) is 7. The molecular weight excluding hydrogens is 470 g/mol. The van der Waals surface area contributed by atoms with E-state index < -0.39 is 17.7 Å². The number of benzene rings is 1. The summed E-state index contributed by atoms with van der Waals surface area (Å²) in [4.78, 5) is 30.0. The van der Waals surface area contributed by atoms with Gasteiger partial charge in [0.25, 0.3) is 0 Å². The van der Waals surface area contributed by atoms with Crippen molar-refractivity contribution in [2.24, 2.45) is 5.92 Å². The third-order valence-corrected chi connectivity index (χ3v) is 6.36. The molecule has 1 amide bonds. The van der Waals surface area contributed by atoms with E-state index in [0.717, 1.165) is 24.8 Å². The Morgan fingerprint density at radius 2 is 1.92 bits per heavy atom. The molecule has 9 nitrogen and oxygen atoms in total. The molecule has 3 aromatic rings. The van der Waals surface area contributed by atoms with Gasteiger partial charge in [-0.25, -0.2) is 9.59 Å². The Bertz CT molecular complexity index is 1320. The SMILES string of the molecule is COC(=O)c1c(-c2ccncc2)c(-c2cccc(C#N)c2)nn1C[C@@H](NC(=O)OC(C)(C)C)C1CCC1. The van der Waals surface area contributed by atoms with Crippen LogP contribution in [0.5, 0.6) is 0 Å². The summed E-state index contributed by atoms with van der Waals surface area (Å²) in [6.07, 6.45) is 5.78. The number of ether oxygens (including phenoxy) is 2. The van der Waals surface area contributed by atoms with E-state index in [4.69, 9.17) is 14.6 Å². The van der Waals surface area contributed by atoms with Crippen LogP contribution < -0.4 is 5.32 Å². The van der Waals surface area contributed by atoms with Crippen LogP contribution in [0.15, 0.2) is 48.8 Å². The number of nitrogens with one attached hydrogen (secondary N) is 1. The van der Waals surface area contributed by atoms with Gasteiger partial charge in [-0.2, -0.15) is 10.4 Å². The summed E-state index contributed by atoms with van der Waals surface area (Å²) < 4.78 is 12.3. The summed E-state index contributed by atoms with van der Waals surface area (Å²) in [5, 5.41) is 17.3. The average molecular weight is 502 g/mol. The zero-order chi connectivity index (χ0) is 26.6. The lowest BCUT2D eigenvalue weighted by molar-refractivity contribution is 0.0452. The van der Waals surface area contributed by atoms with E-state index >= 15 is 0 Å². The smallest absolute Gasteiger partial charge is 0.407 e. The Labute approximate surface area is 216 Å². The number of hydrogen-bond donors (Lipinski definition) is 1. The molecule has 1 saturated carbocycles. The van der Waals surface area contributed by atoms with Crippen molar-refractivity contribution >= 4 is 12.1 Å². The molecule has 4 rings (SSSR count). The summed E-state index contributed by atoms with van der Waals surface area (Å²) in [7, 11) is 1.33. The Hall–Kier alpha value is -4.19. The van der Waals surface area contributed by atoms with Crippen LogP contribution in [-0.2, 0) is 16.0 Å². The standard InChI is InChI=1S/C28H31N5O4/c1-28(2,3)37-27(35)31-22(19-8-6-9-19)17-33-25(26(34)36-4)23(20-11-13-30-14-12-20)24(32-33)21-10-5-7-18(15-21)16-29/h5,7,10-15,19,22H,6,8-9,17H2,1-4H3,(H,31,35)/t22-/m1/s1. The van der Waals surface area contributed by atoms with E-state index in [2.05, 4.69) is 16.4 Å². The second-order valence-corrected chi connectivity index (χ2v) is 10.1. The lowest BCUT2D eigenvalue weighted by atomic mass is 9.79. The van der Waals surface area contributed by atoms with Gasteiger partial charge in [-0.1, -0.05) is 18.6 Å². The first kappa shape index (κ1) is 25.9. The van der Waals surface area contributed by atoms with Gasteiger partial charge in [0, 0.05) is 23.5 Å². The number of amides is 1. The Balaban J connectivity index is 1.83. The van der Waals surface area contributed by atoms with Gasteiger partial charge in [0.05, 0.1) is 31.3 Å². The zero-order valence-corrected chi connectivity index (χ0v) is 21.5. The lowest BCUT2D eigenvalue weighted by Gasteiger charge is -2.35. The van der Waals surface area contributed by atoms with Crippen LogP contribution in [0.4, 0.5) is 4.79 Å². The summed E-state index contributed by atoms with van der Waals surface area (Å²) in [5.74, 6) is -0.316. The molecule has 0 unspecified atom stereocenters.